The van der Waals surface area contributed by atoms with E-state index in [1.54, 1.807) is 0 Å². The van der Waals surface area contributed by atoms with Crippen molar-refractivity contribution in [3.8, 4) is 0 Å². The quantitative estimate of drug-likeness (QED) is 0.692. The van der Waals surface area contributed by atoms with Crippen LogP contribution in [0.5, 0.6) is 0 Å². The second-order valence-electron chi connectivity index (χ2n) is 3.05. The lowest BCUT2D eigenvalue weighted by Gasteiger charge is -2.01. The average Bonchev–Trinajstić information content (AvgIpc) is 2.83. The van der Waals surface area contributed by atoms with Crippen molar-refractivity contribution < 1.29 is 0 Å². The minimum atomic E-state index is 0.577. The largest absolute Gasteiger partial charge is 0.310 e. The Hall–Kier alpha value is -0.970. The Bertz CT molecular complexity index is 252. The lowest BCUT2D eigenvalue weighted by molar-refractivity contribution is 0.560. The molecule has 1 fully saturated rings. The van der Waals surface area contributed by atoms with Crippen LogP contribution in [-0.4, -0.2) is 26.8 Å². The monoisotopic (exact) mass is 167 g/mol. The van der Waals surface area contributed by atoms with E-state index in [9.17, 15) is 0 Å². The van der Waals surface area contributed by atoms with E-state index in [2.05, 4.69) is 27.8 Å². The number of nitrogens with zero attached hydrogens (tertiary/aromatic N) is 4. The lowest BCUT2D eigenvalue weighted by Crippen LogP contribution is -2.16. The number of rotatable bonds is 4. The average molecular weight is 167 g/mol. The van der Waals surface area contributed by atoms with Gasteiger partial charge in [0, 0.05) is 0 Å². The van der Waals surface area contributed by atoms with Crippen LogP contribution >= 0.6 is 0 Å². The number of nitrogens with one attached hydrogen (secondary N) is 1. The van der Waals surface area contributed by atoms with Crippen LogP contribution < -0.4 is 5.32 Å². The topological polar surface area (TPSA) is 55.6 Å². The minimum absolute atomic E-state index is 0.577. The zero-order valence-electron chi connectivity index (χ0n) is 7.19. The molecule has 0 aromatic carbocycles. The molecule has 0 amide bonds. The Labute approximate surface area is 71.1 Å². The predicted molar refractivity (Wildman–Crippen MR) is 43.5 cm³/mol. The molecule has 12 heavy (non-hydrogen) atoms. The molecule has 5 heteroatoms. The standard InChI is InChI=1S/C7H13N5/c1-2-8-5-7-9-10-11-12(7)6-3-4-6/h6,8H,2-5H2,1H3. The van der Waals surface area contributed by atoms with Gasteiger partial charge in [0.15, 0.2) is 5.82 Å². The normalized spacial score (nSPS) is 16.8. The molecule has 2 rings (SSSR count). The third-order valence-corrected chi connectivity index (χ3v) is 1.99. The van der Waals surface area contributed by atoms with E-state index in [1.165, 1.54) is 12.8 Å². The smallest absolute Gasteiger partial charge is 0.165 e. The van der Waals surface area contributed by atoms with Gasteiger partial charge in [-0.2, -0.15) is 0 Å². The molecule has 66 valence electrons. The SMILES string of the molecule is CCNCc1nnnn1C1CC1. The molecule has 0 atom stereocenters. The van der Waals surface area contributed by atoms with Crippen LogP contribution in [0.1, 0.15) is 31.6 Å². The summed E-state index contributed by atoms with van der Waals surface area (Å²) < 4.78 is 1.93. The Morgan fingerprint density at radius 3 is 3.08 bits per heavy atom. The van der Waals surface area contributed by atoms with Crippen molar-refractivity contribution in [3.63, 3.8) is 0 Å². The summed E-state index contributed by atoms with van der Waals surface area (Å²) in [4.78, 5) is 0. The summed E-state index contributed by atoms with van der Waals surface area (Å²) in [5, 5.41) is 14.8. The van der Waals surface area contributed by atoms with Crippen molar-refractivity contribution in [2.24, 2.45) is 0 Å². The number of tetrazole rings is 1. The van der Waals surface area contributed by atoms with E-state index in [0.717, 1.165) is 18.9 Å². The van der Waals surface area contributed by atoms with Gasteiger partial charge in [-0.1, -0.05) is 6.92 Å². The first kappa shape index (κ1) is 7.67. The zero-order chi connectivity index (χ0) is 8.39. The Balaban J connectivity index is 2.03. The van der Waals surface area contributed by atoms with E-state index < -0.39 is 0 Å². The first-order valence-corrected chi connectivity index (χ1v) is 4.39. The van der Waals surface area contributed by atoms with Crippen LogP contribution in [0.2, 0.25) is 0 Å². The molecule has 1 N–H and O–H groups in total. The maximum absolute atomic E-state index is 3.95. The predicted octanol–water partition coefficient (Wildman–Crippen LogP) is 0.117. The van der Waals surface area contributed by atoms with E-state index >= 15 is 0 Å². The fraction of sp³-hybridized carbons (Fsp3) is 0.857. The van der Waals surface area contributed by atoms with Crippen molar-refractivity contribution >= 4 is 0 Å². The molecule has 1 aliphatic rings. The fourth-order valence-electron chi connectivity index (χ4n) is 1.17. The van der Waals surface area contributed by atoms with Crippen LogP contribution in [0.4, 0.5) is 0 Å². The van der Waals surface area contributed by atoms with Gasteiger partial charge in [-0.25, -0.2) is 4.68 Å². The molecule has 1 saturated carbocycles. The fourth-order valence-corrected chi connectivity index (χ4v) is 1.17. The van der Waals surface area contributed by atoms with Gasteiger partial charge in [-0.15, -0.1) is 5.10 Å². The summed E-state index contributed by atoms with van der Waals surface area (Å²) in [5.74, 6) is 0.958. The molecule has 0 bridgehead atoms. The van der Waals surface area contributed by atoms with Crippen molar-refractivity contribution in [2.45, 2.75) is 32.4 Å². The molecule has 1 heterocycles. The van der Waals surface area contributed by atoms with E-state index in [0.29, 0.717) is 6.04 Å². The van der Waals surface area contributed by atoms with Crippen LogP contribution in [0.25, 0.3) is 0 Å². The maximum atomic E-state index is 3.95. The number of hydrogen-bond donors (Lipinski definition) is 1. The van der Waals surface area contributed by atoms with Crippen molar-refractivity contribution in [3.05, 3.63) is 5.82 Å². The molecule has 1 aromatic heterocycles. The summed E-state index contributed by atoms with van der Waals surface area (Å²) >= 11 is 0. The van der Waals surface area contributed by atoms with Gasteiger partial charge in [-0.3, -0.25) is 0 Å². The molecule has 0 spiro atoms. The van der Waals surface area contributed by atoms with E-state index in [4.69, 9.17) is 0 Å². The Morgan fingerprint density at radius 2 is 2.42 bits per heavy atom. The number of aromatic nitrogens is 4. The first-order valence-electron chi connectivity index (χ1n) is 4.39. The molecule has 5 nitrogen and oxygen atoms in total. The highest BCUT2D eigenvalue weighted by atomic mass is 15.6. The number of hydrogen-bond acceptors (Lipinski definition) is 4. The van der Waals surface area contributed by atoms with Gasteiger partial charge >= 0.3 is 0 Å². The minimum Gasteiger partial charge on any atom is -0.310 e. The summed E-state index contributed by atoms with van der Waals surface area (Å²) in [6, 6.07) is 0.577. The highest BCUT2D eigenvalue weighted by Gasteiger charge is 2.27. The molecule has 1 aliphatic carbocycles. The third-order valence-electron chi connectivity index (χ3n) is 1.99. The third kappa shape index (κ3) is 1.45. The van der Waals surface area contributed by atoms with Crippen molar-refractivity contribution in [1.29, 1.82) is 0 Å². The molecule has 0 radical (unpaired) electrons. The van der Waals surface area contributed by atoms with Gasteiger partial charge in [-0.05, 0) is 29.8 Å². The highest BCUT2D eigenvalue weighted by Crippen LogP contribution is 2.34. The summed E-state index contributed by atoms with van der Waals surface area (Å²) in [6.07, 6.45) is 2.45. The van der Waals surface area contributed by atoms with Crippen LogP contribution in [0, 0.1) is 0 Å². The highest BCUT2D eigenvalue weighted by molar-refractivity contribution is 4.89. The summed E-state index contributed by atoms with van der Waals surface area (Å²) in [6.45, 7) is 3.81. The van der Waals surface area contributed by atoms with Crippen LogP contribution in [0.3, 0.4) is 0 Å². The Morgan fingerprint density at radius 1 is 1.58 bits per heavy atom. The van der Waals surface area contributed by atoms with E-state index in [-0.39, 0.29) is 0 Å². The molecule has 1 aromatic rings. The Kier molecular flexibility index (Phi) is 2.03. The van der Waals surface area contributed by atoms with Crippen molar-refractivity contribution in [1.82, 2.24) is 25.5 Å². The van der Waals surface area contributed by atoms with E-state index in [1.807, 2.05) is 4.68 Å². The van der Waals surface area contributed by atoms with Gasteiger partial charge in [0.2, 0.25) is 0 Å². The molecule has 0 saturated heterocycles. The first-order chi connectivity index (χ1) is 5.92. The second-order valence-corrected chi connectivity index (χ2v) is 3.05. The van der Waals surface area contributed by atoms with Crippen LogP contribution in [-0.2, 0) is 6.54 Å². The van der Waals surface area contributed by atoms with Gasteiger partial charge in [0.1, 0.15) is 0 Å². The maximum Gasteiger partial charge on any atom is 0.165 e. The summed E-state index contributed by atoms with van der Waals surface area (Å²) in [5.41, 5.74) is 0. The van der Waals surface area contributed by atoms with Crippen molar-refractivity contribution in [2.75, 3.05) is 6.54 Å². The van der Waals surface area contributed by atoms with Gasteiger partial charge < -0.3 is 5.32 Å². The molecular formula is C7H13N5. The summed E-state index contributed by atoms with van der Waals surface area (Å²) in [7, 11) is 0. The molecule has 0 unspecified atom stereocenters. The zero-order valence-corrected chi connectivity index (χ0v) is 7.19. The second kappa shape index (κ2) is 3.18. The van der Waals surface area contributed by atoms with Gasteiger partial charge in [0.05, 0.1) is 12.6 Å². The molecule has 0 aliphatic heterocycles. The van der Waals surface area contributed by atoms with Crippen LogP contribution in [0.15, 0.2) is 0 Å². The van der Waals surface area contributed by atoms with Gasteiger partial charge in [0.25, 0.3) is 0 Å². The molecular weight excluding hydrogens is 154 g/mol. The lowest BCUT2D eigenvalue weighted by atomic mass is 10.5.